The van der Waals surface area contributed by atoms with Crippen molar-refractivity contribution in [3.05, 3.63) is 74.0 Å². The molecule has 1 N–H and O–H groups in total. The minimum atomic E-state index is -0.733. The summed E-state index contributed by atoms with van der Waals surface area (Å²) in [7, 11) is 0. The van der Waals surface area contributed by atoms with E-state index in [0.29, 0.717) is 17.8 Å². The summed E-state index contributed by atoms with van der Waals surface area (Å²) in [6.45, 7) is 7.99. The molecule has 1 unspecified atom stereocenters. The summed E-state index contributed by atoms with van der Waals surface area (Å²) in [5, 5.41) is 14.7. The number of nitrogens with one attached hydrogen (secondary N) is 1. The van der Waals surface area contributed by atoms with Crippen LogP contribution >= 0.6 is 11.3 Å². The highest BCUT2D eigenvalue weighted by molar-refractivity contribution is 7.09. The predicted octanol–water partition coefficient (Wildman–Crippen LogP) is 3.49. The van der Waals surface area contributed by atoms with Crippen LogP contribution in [-0.4, -0.2) is 32.0 Å². The Labute approximate surface area is 184 Å². The van der Waals surface area contributed by atoms with E-state index in [1.54, 1.807) is 22.9 Å². The van der Waals surface area contributed by atoms with Gasteiger partial charge in [0.25, 0.3) is 5.56 Å². The van der Waals surface area contributed by atoms with Crippen LogP contribution in [-0.2, 0) is 11.2 Å². The standard InChI is InChI=1S/C23H25N5O2S/c1-14-7-9-18(10-8-14)27-16(3)20-15(2)25-28(23(30)21(20)26-27)17(4)22(29)24-12-11-19-6-5-13-31-19/h5-10,13,17H,11-12H2,1-4H3,(H,24,29). The van der Waals surface area contributed by atoms with E-state index in [9.17, 15) is 9.59 Å². The molecule has 3 aromatic heterocycles. The second-order valence-electron chi connectivity index (χ2n) is 7.69. The van der Waals surface area contributed by atoms with Gasteiger partial charge < -0.3 is 5.32 Å². The first-order chi connectivity index (χ1) is 14.9. The largest absolute Gasteiger partial charge is 0.354 e. The van der Waals surface area contributed by atoms with Gasteiger partial charge in [0.2, 0.25) is 5.91 Å². The van der Waals surface area contributed by atoms with Gasteiger partial charge in [-0.2, -0.15) is 10.2 Å². The molecule has 0 saturated heterocycles. The summed E-state index contributed by atoms with van der Waals surface area (Å²) in [6.07, 6.45) is 0.761. The van der Waals surface area contributed by atoms with Gasteiger partial charge in [0.15, 0.2) is 5.52 Å². The van der Waals surface area contributed by atoms with Gasteiger partial charge in [-0.25, -0.2) is 9.36 Å². The van der Waals surface area contributed by atoms with Crippen molar-refractivity contribution in [2.45, 2.75) is 40.2 Å². The summed E-state index contributed by atoms with van der Waals surface area (Å²) in [4.78, 5) is 27.1. The average molecular weight is 436 g/mol. The Morgan fingerprint density at radius 2 is 1.87 bits per heavy atom. The second-order valence-corrected chi connectivity index (χ2v) is 8.72. The zero-order valence-electron chi connectivity index (χ0n) is 18.0. The monoisotopic (exact) mass is 435 g/mol. The molecule has 8 heteroatoms. The Morgan fingerprint density at radius 1 is 1.13 bits per heavy atom. The first kappa shape index (κ1) is 21.0. The normalized spacial score (nSPS) is 12.3. The maximum Gasteiger partial charge on any atom is 0.295 e. The van der Waals surface area contributed by atoms with Crippen LogP contribution in [0.5, 0.6) is 0 Å². The van der Waals surface area contributed by atoms with Crippen LogP contribution in [0.1, 0.15) is 34.8 Å². The van der Waals surface area contributed by atoms with Crippen molar-refractivity contribution in [2.24, 2.45) is 0 Å². The predicted molar refractivity (Wildman–Crippen MR) is 123 cm³/mol. The molecule has 7 nitrogen and oxygen atoms in total. The summed E-state index contributed by atoms with van der Waals surface area (Å²) in [6, 6.07) is 11.3. The number of aromatic nitrogens is 4. The number of amides is 1. The minimum absolute atomic E-state index is 0.236. The quantitative estimate of drug-likeness (QED) is 0.503. The number of fused-ring (bicyclic) bond motifs is 1. The van der Waals surface area contributed by atoms with Crippen LogP contribution in [0, 0.1) is 20.8 Å². The number of thiophene rings is 1. The topological polar surface area (TPSA) is 81.8 Å². The van der Waals surface area contributed by atoms with Gasteiger partial charge in [0, 0.05) is 11.4 Å². The Bertz CT molecular complexity index is 1290. The molecule has 0 saturated carbocycles. The van der Waals surface area contributed by atoms with Crippen molar-refractivity contribution in [3.8, 4) is 5.69 Å². The second kappa shape index (κ2) is 8.47. The number of hydrogen-bond acceptors (Lipinski definition) is 5. The first-order valence-corrected chi connectivity index (χ1v) is 11.1. The van der Waals surface area contributed by atoms with Crippen molar-refractivity contribution in [1.29, 1.82) is 0 Å². The molecule has 4 rings (SSSR count). The van der Waals surface area contributed by atoms with E-state index >= 15 is 0 Å². The molecule has 0 fully saturated rings. The van der Waals surface area contributed by atoms with Crippen LogP contribution < -0.4 is 10.9 Å². The minimum Gasteiger partial charge on any atom is -0.354 e. The van der Waals surface area contributed by atoms with Crippen molar-refractivity contribution < 1.29 is 4.79 Å². The summed E-state index contributed by atoms with van der Waals surface area (Å²) < 4.78 is 3.00. The molecule has 0 spiro atoms. The van der Waals surface area contributed by atoms with E-state index in [1.165, 1.54) is 9.56 Å². The van der Waals surface area contributed by atoms with Gasteiger partial charge in [-0.3, -0.25) is 9.59 Å². The van der Waals surface area contributed by atoms with Crippen molar-refractivity contribution >= 4 is 28.1 Å². The van der Waals surface area contributed by atoms with E-state index in [-0.39, 0.29) is 11.5 Å². The SMILES string of the molecule is Cc1ccc(-n2nc3c(=O)n(C(C)C(=O)NCCc4cccs4)nc(C)c3c2C)cc1. The molecule has 160 valence electrons. The third-order valence-corrected chi connectivity index (χ3v) is 6.36. The lowest BCUT2D eigenvalue weighted by molar-refractivity contribution is -0.124. The van der Waals surface area contributed by atoms with Gasteiger partial charge >= 0.3 is 0 Å². The molecule has 0 aliphatic rings. The van der Waals surface area contributed by atoms with Crippen molar-refractivity contribution in [1.82, 2.24) is 24.9 Å². The van der Waals surface area contributed by atoms with Gasteiger partial charge in [-0.05, 0) is 57.7 Å². The number of carbonyl (C=O) groups excluding carboxylic acids is 1. The molecule has 0 radical (unpaired) electrons. The Hall–Kier alpha value is -3.26. The maximum atomic E-state index is 13.2. The molecule has 1 amide bonds. The van der Waals surface area contributed by atoms with Crippen LogP contribution in [0.25, 0.3) is 16.6 Å². The zero-order chi connectivity index (χ0) is 22.1. The van der Waals surface area contributed by atoms with Crippen molar-refractivity contribution in [2.75, 3.05) is 6.54 Å². The molecular formula is C23H25N5O2S. The molecule has 1 aromatic carbocycles. The van der Waals surface area contributed by atoms with E-state index in [0.717, 1.165) is 28.8 Å². The van der Waals surface area contributed by atoms with Crippen LogP contribution in [0.3, 0.4) is 0 Å². The fraction of sp³-hybridized carbons (Fsp3) is 0.304. The van der Waals surface area contributed by atoms with Crippen molar-refractivity contribution in [3.63, 3.8) is 0 Å². The lowest BCUT2D eigenvalue weighted by Crippen LogP contribution is -2.38. The zero-order valence-corrected chi connectivity index (χ0v) is 18.9. The number of benzene rings is 1. The lowest BCUT2D eigenvalue weighted by Gasteiger charge is -2.14. The highest BCUT2D eigenvalue weighted by Crippen LogP contribution is 2.22. The van der Waals surface area contributed by atoms with E-state index in [2.05, 4.69) is 15.5 Å². The molecule has 0 aliphatic carbocycles. The molecule has 0 aliphatic heterocycles. The van der Waals surface area contributed by atoms with Crippen LogP contribution in [0.2, 0.25) is 0 Å². The Kier molecular flexibility index (Phi) is 5.73. The summed E-state index contributed by atoms with van der Waals surface area (Å²) >= 11 is 1.66. The molecule has 0 bridgehead atoms. The number of rotatable bonds is 6. The van der Waals surface area contributed by atoms with Gasteiger partial charge in [-0.1, -0.05) is 23.8 Å². The fourth-order valence-electron chi connectivity index (χ4n) is 3.67. The first-order valence-electron chi connectivity index (χ1n) is 10.2. The third-order valence-electron chi connectivity index (χ3n) is 5.42. The van der Waals surface area contributed by atoms with Crippen LogP contribution in [0.15, 0.2) is 46.6 Å². The Morgan fingerprint density at radius 3 is 2.55 bits per heavy atom. The molecule has 3 heterocycles. The fourth-order valence-corrected chi connectivity index (χ4v) is 4.38. The number of hydrogen-bond donors (Lipinski definition) is 1. The molecular weight excluding hydrogens is 410 g/mol. The third kappa shape index (κ3) is 4.03. The highest BCUT2D eigenvalue weighted by atomic mass is 32.1. The average Bonchev–Trinajstić information content (AvgIpc) is 3.39. The number of aryl methyl sites for hydroxylation is 3. The Balaban J connectivity index is 1.64. The van der Waals surface area contributed by atoms with E-state index in [4.69, 9.17) is 0 Å². The molecule has 1 atom stereocenters. The molecule has 4 aromatic rings. The number of nitrogens with zero attached hydrogens (tertiary/aromatic N) is 4. The summed E-state index contributed by atoms with van der Waals surface area (Å²) in [5.74, 6) is -0.236. The molecule has 31 heavy (non-hydrogen) atoms. The van der Waals surface area contributed by atoms with Gasteiger partial charge in [0.1, 0.15) is 6.04 Å². The van der Waals surface area contributed by atoms with Gasteiger partial charge in [0.05, 0.1) is 22.5 Å². The maximum absolute atomic E-state index is 13.2. The smallest absolute Gasteiger partial charge is 0.295 e. The van der Waals surface area contributed by atoms with E-state index in [1.807, 2.05) is 62.5 Å². The summed E-state index contributed by atoms with van der Waals surface area (Å²) in [5.41, 5.74) is 3.50. The highest BCUT2D eigenvalue weighted by Gasteiger charge is 2.23. The number of carbonyl (C=O) groups is 1. The lowest BCUT2D eigenvalue weighted by atomic mass is 10.2. The van der Waals surface area contributed by atoms with Gasteiger partial charge in [-0.15, -0.1) is 11.3 Å². The van der Waals surface area contributed by atoms with Crippen LogP contribution in [0.4, 0.5) is 0 Å². The van der Waals surface area contributed by atoms with E-state index < -0.39 is 6.04 Å².